The fourth-order valence-corrected chi connectivity index (χ4v) is 3.54. The van der Waals surface area contributed by atoms with Gasteiger partial charge in [0.15, 0.2) is 0 Å². The van der Waals surface area contributed by atoms with Gasteiger partial charge in [-0.3, -0.25) is 4.79 Å². The summed E-state index contributed by atoms with van der Waals surface area (Å²) in [7, 11) is 1.97. The molecule has 4 rings (SSSR count). The Morgan fingerprint density at radius 3 is 2.67 bits per heavy atom. The molecule has 4 aromatic rings. The highest BCUT2D eigenvalue weighted by atomic mass is 16.1. The van der Waals surface area contributed by atoms with E-state index >= 15 is 0 Å². The quantitative estimate of drug-likeness (QED) is 0.495. The number of fused-ring (bicyclic) bond motifs is 1. The fourth-order valence-electron chi connectivity index (χ4n) is 3.54. The number of aromatic nitrogens is 3. The van der Waals surface area contributed by atoms with Crippen LogP contribution >= 0.6 is 0 Å². The van der Waals surface area contributed by atoms with Crippen molar-refractivity contribution in [3.05, 3.63) is 89.5 Å². The zero-order chi connectivity index (χ0) is 20.9. The van der Waals surface area contributed by atoms with Gasteiger partial charge in [0.1, 0.15) is 17.3 Å². The van der Waals surface area contributed by atoms with E-state index in [2.05, 4.69) is 44.5 Å². The van der Waals surface area contributed by atoms with Gasteiger partial charge in [0, 0.05) is 43.3 Å². The minimum atomic E-state index is -0.185. The van der Waals surface area contributed by atoms with Crippen LogP contribution in [-0.2, 0) is 13.0 Å². The predicted molar refractivity (Wildman–Crippen MR) is 120 cm³/mol. The zero-order valence-electron chi connectivity index (χ0n) is 17.2. The Morgan fingerprint density at radius 2 is 1.83 bits per heavy atom. The topological polar surface area (TPSA) is 73.9 Å². The van der Waals surface area contributed by atoms with Crippen LogP contribution in [0.4, 0.5) is 5.82 Å². The van der Waals surface area contributed by atoms with Gasteiger partial charge in [-0.05, 0) is 30.5 Å². The van der Waals surface area contributed by atoms with Crippen LogP contribution in [0, 0.1) is 6.92 Å². The number of aryl methyl sites for hydroxylation is 1. The van der Waals surface area contributed by atoms with Gasteiger partial charge >= 0.3 is 0 Å². The Labute approximate surface area is 176 Å². The molecule has 2 aromatic carbocycles. The number of carbonyl (C=O) groups excluding carboxylic acids is 1. The van der Waals surface area contributed by atoms with Crippen molar-refractivity contribution in [1.29, 1.82) is 0 Å². The van der Waals surface area contributed by atoms with Crippen molar-refractivity contribution in [3.63, 3.8) is 0 Å². The Morgan fingerprint density at radius 1 is 1.07 bits per heavy atom. The lowest BCUT2D eigenvalue weighted by molar-refractivity contribution is 0.0949. The number of H-pyrrole nitrogens is 1. The van der Waals surface area contributed by atoms with Gasteiger partial charge in [-0.25, -0.2) is 9.97 Å². The Bertz CT molecular complexity index is 1150. The molecule has 6 heteroatoms. The van der Waals surface area contributed by atoms with Crippen molar-refractivity contribution in [2.75, 3.05) is 18.5 Å². The van der Waals surface area contributed by atoms with E-state index in [4.69, 9.17) is 0 Å². The van der Waals surface area contributed by atoms with Crippen LogP contribution in [0.25, 0.3) is 10.9 Å². The van der Waals surface area contributed by atoms with E-state index in [0.29, 0.717) is 24.6 Å². The third kappa shape index (κ3) is 4.49. The summed E-state index contributed by atoms with van der Waals surface area (Å²) in [5, 5.41) is 4.17. The maximum absolute atomic E-state index is 12.7. The van der Waals surface area contributed by atoms with Crippen LogP contribution in [0.5, 0.6) is 0 Å². The van der Waals surface area contributed by atoms with Crippen LogP contribution in [0.2, 0.25) is 0 Å². The molecule has 0 bridgehead atoms. The Balaban J connectivity index is 1.41. The molecule has 30 heavy (non-hydrogen) atoms. The van der Waals surface area contributed by atoms with Gasteiger partial charge in [0.2, 0.25) is 0 Å². The summed E-state index contributed by atoms with van der Waals surface area (Å²) in [4.78, 5) is 26.8. The van der Waals surface area contributed by atoms with Gasteiger partial charge < -0.3 is 15.2 Å². The number of rotatable bonds is 7. The van der Waals surface area contributed by atoms with Crippen LogP contribution in [-0.4, -0.2) is 34.5 Å². The molecule has 0 unspecified atom stereocenters. The number of aromatic amines is 1. The summed E-state index contributed by atoms with van der Waals surface area (Å²) >= 11 is 0. The van der Waals surface area contributed by atoms with Gasteiger partial charge in [-0.1, -0.05) is 48.5 Å². The molecule has 0 saturated heterocycles. The first-order chi connectivity index (χ1) is 14.6. The minimum absolute atomic E-state index is 0.185. The van der Waals surface area contributed by atoms with E-state index in [-0.39, 0.29) is 5.91 Å². The van der Waals surface area contributed by atoms with E-state index in [1.165, 1.54) is 16.5 Å². The third-order valence-corrected chi connectivity index (χ3v) is 5.07. The number of anilines is 1. The largest absolute Gasteiger partial charge is 0.361 e. The number of nitrogens with one attached hydrogen (secondary N) is 2. The number of hydrogen-bond donors (Lipinski definition) is 2. The van der Waals surface area contributed by atoms with Crippen molar-refractivity contribution in [2.24, 2.45) is 0 Å². The van der Waals surface area contributed by atoms with E-state index in [1.54, 1.807) is 6.07 Å². The first-order valence-electron chi connectivity index (χ1n) is 10.0. The lowest BCUT2D eigenvalue weighted by Crippen LogP contribution is -2.27. The molecule has 0 aliphatic rings. The SMILES string of the molecule is Cc1nc(C(=O)NCCc2c[nH]c3ccccc23)cc(N(C)Cc2ccccc2)n1. The highest BCUT2D eigenvalue weighted by molar-refractivity contribution is 5.93. The molecule has 0 radical (unpaired) electrons. The molecule has 2 N–H and O–H groups in total. The van der Waals surface area contributed by atoms with Gasteiger partial charge in [-0.2, -0.15) is 0 Å². The van der Waals surface area contributed by atoms with Crippen molar-refractivity contribution in [3.8, 4) is 0 Å². The van der Waals surface area contributed by atoms with E-state index in [0.717, 1.165) is 17.8 Å². The summed E-state index contributed by atoms with van der Waals surface area (Å²) in [6.45, 7) is 3.06. The summed E-state index contributed by atoms with van der Waals surface area (Å²) in [5.74, 6) is 1.12. The van der Waals surface area contributed by atoms with Crippen LogP contribution in [0.15, 0.2) is 66.9 Å². The van der Waals surface area contributed by atoms with Crippen molar-refractivity contribution in [1.82, 2.24) is 20.3 Å². The van der Waals surface area contributed by atoms with E-state index < -0.39 is 0 Å². The number of nitrogens with zero attached hydrogens (tertiary/aromatic N) is 3. The second-order valence-corrected chi connectivity index (χ2v) is 7.37. The molecule has 2 heterocycles. The monoisotopic (exact) mass is 399 g/mol. The molecule has 0 saturated carbocycles. The smallest absolute Gasteiger partial charge is 0.270 e. The highest BCUT2D eigenvalue weighted by Gasteiger charge is 2.13. The average molecular weight is 399 g/mol. The second kappa shape index (κ2) is 8.78. The average Bonchev–Trinajstić information content (AvgIpc) is 3.17. The number of para-hydroxylation sites is 1. The number of hydrogen-bond acceptors (Lipinski definition) is 4. The van der Waals surface area contributed by atoms with Gasteiger partial charge in [-0.15, -0.1) is 0 Å². The van der Waals surface area contributed by atoms with Crippen LogP contribution < -0.4 is 10.2 Å². The molecule has 0 spiro atoms. The minimum Gasteiger partial charge on any atom is -0.361 e. The second-order valence-electron chi connectivity index (χ2n) is 7.37. The third-order valence-electron chi connectivity index (χ3n) is 5.07. The molecule has 152 valence electrons. The van der Waals surface area contributed by atoms with E-state index in [9.17, 15) is 4.79 Å². The van der Waals surface area contributed by atoms with E-state index in [1.807, 2.05) is 55.4 Å². The normalized spacial score (nSPS) is 10.9. The molecule has 0 atom stereocenters. The molecule has 2 aromatic heterocycles. The van der Waals surface area contributed by atoms with Gasteiger partial charge in [0.05, 0.1) is 0 Å². The summed E-state index contributed by atoms with van der Waals surface area (Å²) < 4.78 is 0. The molecule has 0 aliphatic carbocycles. The lowest BCUT2D eigenvalue weighted by Gasteiger charge is -2.19. The first-order valence-corrected chi connectivity index (χ1v) is 10.0. The molecule has 0 aliphatic heterocycles. The molecule has 0 fully saturated rings. The molecule has 6 nitrogen and oxygen atoms in total. The molecule has 1 amide bonds. The van der Waals surface area contributed by atoms with Crippen molar-refractivity contribution >= 4 is 22.6 Å². The molecular weight excluding hydrogens is 374 g/mol. The maximum atomic E-state index is 12.7. The van der Waals surface area contributed by atoms with Crippen molar-refractivity contribution in [2.45, 2.75) is 19.9 Å². The lowest BCUT2D eigenvalue weighted by atomic mass is 10.1. The Kier molecular flexibility index (Phi) is 5.75. The predicted octanol–water partition coefficient (Wildman–Crippen LogP) is 3.88. The number of amides is 1. The highest BCUT2D eigenvalue weighted by Crippen LogP contribution is 2.18. The van der Waals surface area contributed by atoms with Gasteiger partial charge in [0.25, 0.3) is 5.91 Å². The first kappa shape index (κ1) is 19.6. The number of carbonyl (C=O) groups is 1. The summed E-state index contributed by atoms with van der Waals surface area (Å²) in [5.41, 5.74) is 3.86. The zero-order valence-corrected chi connectivity index (χ0v) is 17.2. The summed E-state index contributed by atoms with van der Waals surface area (Å²) in [6, 6.07) is 20.1. The van der Waals surface area contributed by atoms with Crippen LogP contribution in [0.1, 0.15) is 27.4 Å². The number of benzene rings is 2. The van der Waals surface area contributed by atoms with Crippen LogP contribution in [0.3, 0.4) is 0 Å². The standard InChI is InChI=1S/C24H25N5O/c1-17-27-22(14-23(28-17)29(2)16-18-8-4-3-5-9-18)24(30)25-13-12-19-15-26-21-11-7-6-10-20(19)21/h3-11,14-15,26H,12-13,16H2,1-2H3,(H,25,30). The fraction of sp³-hybridized carbons (Fsp3) is 0.208. The Hall–Kier alpha value is -3.67. The summed E-state index contributed by atoms with van der Waals surface area (Å²) in [6.07, 6.45) is 2.75. The molecular formula is C24H25N5O. The maximum Gasteiger partial charge on any atom is 0.270 e. The van der Waals surface area contributed by atoms with Crippen molar-refractivity contribution < 1.29 is 4.79 Å².